The number of benzene rings is 1. The van der Waals surface area contributed by atoms with Gasteiger partial charge >= 0.3 is 5.69 Å². The van der Waals surface area contributed by atoms with E-state index in [1.807, 2.05) is 0 Å². The molecular formula is C22H29F2N9O2. The Morgan fingerprint density at radius 3 is 2.40 bits per heavy atom. The number of ether oxygens (including phenoxy) is 1. The molecule has 3 N–H and O–H groups in total. The smallest absolute Gasteiger partial charge is 0.368 e. The molecule has 2 aromatic heterocycles. The molecule has 13 heteroatoms. The predicted octanol–water partition coefficient (Wildman–Crippen LogP) is 2.51. The molecule has 0 bridgehead atoms. The fourth-order valence-electron chi connectivity index (χ4n) is 4.77. The van der Waals surface area contributed by atoms with E-state index in [-0.39, 0.29) is 46.0 Å². The van der Waals surface area contributed by atoms with Crippen LogP contribution in [0.15, 0.2) is 23.1 Å². The van der Waals surface area contributed by atoms with Gasteiger partial charge in [0.1, 0.15) is 0 Å². The van der Waals surface area contributed by atoms with Crippen molar-refractivity contribution in [1.82, 2.24) is 35.1 Å². The number of hydrogen-bond acceptors (Lipinski definition) is 9. The average molecular weight is 490 g/mol. The third-order valence-electron chi connectivity index (χ3n) is 5.74. The van der Waals surface area contributed by atoms with Crippen molar-refractivity contribution in [2.24, 2.45) is 7.05 Å². The van der Waals surface area contributed by atoms with Gasteiger partial charge in [0.15, 0.2) is 28.9 Å². The number of rotatable bonds is 6. The van der Waals surface area contributed by atoms with E-state index < -0.39 is 17.3 Å². The zero-order valence-corrected chi connectivity index (χ0v) is 20.5. The summed E-state index contributed by atoms with van der Waals surface area (Å²) < 4.78 is 36.4. The first-order chi connectivity index (χ1) is 16.4. The van der Waals surface area contributed by atoms with Crippen LogP contribution in [0.2, 0.25) is 0 Å². The summed E-state index contributed by atoms with van der Waals surface area (Å²) in [5.74, 6) is -1.25. The molecule has 0 unspecified atom stereocenters. The maximum atomic E-state index is 14.7. The predicted molar refractivity (Wildman–Crippen MR) is 126 cm³/mol. The molecule has 0 aliphatic carbocycles. The molecule has 4 rings (SSSR count). The Morgan fingerprint density at radius 1 is 1.11 bits per heavy atom. The van der Waals surface area contributed by atoms with Crippen molar-refractivity contribution >= 4 is 17.5 Å². The van der Waals surface area contributed by atoms with Crippen molar-refractivity contribution in [3.05, 3.63) is 40.4 Å². The number of piperidine rings is 1. The first-order valence-electron chi connectivity index (χ1n) is 11.1. The minimum absolute atomic E-state index is 0.0168. The average Bonchev–Trinajstić information content (AvgIpc) is 3.07. The highest BCUT2D eigenvalue weighted by atomic mass is 19.1. The molecule has 35 heavy (non-hydrogen) atoms. The van der Waals surface area contributed by atoms with Crippen molar-refractivity contribution in [2.45, 2.75) is 57.7 Å². The molecule has 188 valence electrons. The number of nitrogens with one attached hydrogen (secondary N) is 3. The fraction of sp³-hybridized carbons (Fsp3) is 0.500. The molecule has 0 atom stereocenters. The van der Waals surface area contributed by atoms with Crippen LogP contribution in [0, 0.1) is 11.6 Å². The quantitative estimate of drug-likeness (QED) is 0.479. The second kappa shape index (κ2) is 8.87. The highest BCUT2D eigenvalue weighted by Crippen LogP contribution is 2.35. The summed E-state index contributed by atoms with van der Waals surface area (Å²) in [7, 11) is 2.72. The standard InChI is InChI=1S/C22H29F2N9O2/c1-21(2)9-12(10-22(3,4)29-21)26-18-14(24)11-25-19(28-18)27-15-8-7-13(23)16(17(15)35-6)33-20(34)32(5)30-31-33/h7-8,11-12,29H,9-10H2,1-6H3,(H2,25,26,27,28). The lowest BCUT2D eigenvalue weighted by Gasteiger charge is -2.46. The van der Waals surface area contributed by atoms with E-state index in [9.17, 15) is 13.6 Å². The molecule has 1 saturated heterocycles. The van der Waals surface area contributed by atoms with E-state index in [1.165, 1.54) is 20.2 Å². The number of nitrogens with zero attached hydrogens (tertiary/aromatic N) is 6. The fourth-order valence-corrected chi connectivity index (χ4v) is 4.77. The van der Waals surface area contributed by atoms with Crippen LogP contribution >= 0.6 is 0 Å². The van der Waals surface area contributed by atoms with Gasteiger partial charge in [-0.25, -0.2) is 18.6 Å². The molecule has 11 nitrogen and oxygen atoms in total. The zero-order valence-electron chi connectivity index (χ0n) is 20.5. The molecule has 0 saturated carbocycles. The summed E-state index contributed by atoms with van der Waals surface area (Å²) in [6.45, 7) is 8.42. The summed E-state index contributed by atoms with van der Waals surface area (Å²) in [5, 5.41) is 17.0. The van der Waals surface area contributed by atoms with Crippen LogP contribution in [0.1, 0.15) is 40.5 Å². The first-order valence-corrected chi connectivity index (χ1v) is 11.1. The van der Waals surface area contributed by atoms with Crippen LogP contribution in [0.4, 0.5) is 26.2 Å². The van der Waals surface area contributed by atoms with Crippen LogP contribution in [0.3, 0.4) is 0 Å². The lowest BCUT2D eigenvalue weighted by Crippen LogP contribution is -2.60. The van der Waals surface area contributed by atoms with Gasteiger partial charge in [-0.2, -0.15) is 14.3 Å². The normalized spacial score (nSPS) is 17.3. The van der Waals surface area contributed by atoms with E-state index in [4.69, 9.17) is 4.74 Å². The second-order valence-corrected chi connectivity index (χ2v) is 9.93. The van der Waals surface area contributed by atoms with Crippen molar-refractivity contribution in [1.29, 1.82) is 0 Å². The third kappa shape index (κ3) is 5.09. The molecule has 1 aliphatic heterocycles. The van der Waals surface area contributed by atoms with Crippen LogP contribution in [0.25, 0.3) is 5.69 Å². The number of tetrazole rings is 1. The lowest BCUT2D eigenvalue weighted by molar-refractivity contribution is 0.170. The largest absolute Gasteiger partial charge is 0.492 e. The monoisotopic (exact) mass is 489 g/mol. The number of halogens is 2. The zero-order chi connectivity index (χ0) is 25.5. The SMILES string of the molecule is COc1c(Nc2ncc(F)c(NC3CC(C)(C)NC(C)(C)C3)n2)ccc(F)c1-n1nnn(C)c1=O. The minimum atomic E-state index is -0.742. The number of methoxy groups -OCH3 is 1. The minimum Gasteiger partial charge on any atom is -0.492 e. The molecule has 1 aliphatic rings. The Balaban J connectivity index is 1.65. The Kier molecular flexibility index (Phi) is 6.21. The number of hydrogen-bond donors (Lipinski definition) is 3. The van der Waals surface area contributed by atoms with E-state index in [1.54, 1.807) is 0 Å². The molecule has 1 fully saturated rings. The van der Waals surface area contributed by atoms with Crippen molar-refractivity contribution < 1.29 is 13.5 Å². The Morgan fingerprint density at radius 2 is 1.80 bits per heavy atom. The Labute approximate surface area is 200 Å². The summed E-state index contributed by atoms with van der Waals surface area (Å²) >= 11 is 0. The van der Waals surface area contributed by atoms with Gasteiger partial charge < -0.3 is 20.7 Å². The van der Waals surface area contributed by atoms with Gasteiger partial charge in [0.25, 0.3) is 0 Å². The summed E-state index contributed by atoms with van der Waals surface area (Å²) in [4.78, 5) is 20.6. The van der Waals surface area contributed by atoms with Crippen LogP contribution in [-0.2, 0) is 7.05 Å². The summed E-state index contributed by atoms with van der Waals surface area (Å²) in [6, 6.07) is 2.52. The van der Waals surface area contributed by atoms with E-state index >= 15 is 0 Å². The van der Waals surface area contributed by atoms with Crippen LogP contribution in [-0.4, -0.2) is 54.0 Å². The van der Waals surface area contributed by atoms with Gasteiger partial charge in [-0.3, -0.25) is 0 Å². The van der Waals surface area contributed by atoms with E-state index in [0.29, 0.717) is 0 Å². The summed E-state index contributed by atoms with van der Waals surface area (Å²) in [5.41, 5.74) is -0.907. The molecule has 0 radical (unpaired) electrons. The number of aromatic nitrogens is 6. The van der Waals surface area contributed by atoms with Gasteiger partial charge in [-0.15, -0.1) is 0 Å². The third-order valence-corrected chi connectivity index (χ3v) is 5.74. The van der Waals surface area contributed by atoms with Crippen molar-refractivity contribution in [2.75, 3.05) is 17.7 Å². The molecule has 0 spiro atoms. The molecule has 1 aromatic carbocycles. The highest BCUT2D eigenvalue weighted by Gasteiger charge is 2.38. The van der Waals surface area contributed by atoms with E-state index in [2.05, 4.69) is 64.0 Å². The van der Waals surface area contributed by atoms with Gasteiger partial charge in [-0.1, -0.05) is 0 Å². The van der Waals surface area contributed by atoms with Gasteiger partial charge in [0.2, 0.25) is 5.95 Å². The highest BCUT2D eigenvalue weighted by molar-refractivity contribution is 5.70. The first kappa shape index (κ1) is 24.5. The Hall–Kier alpha value is -3.61. The Bertz CT molecular complexity index is 1290. The molecule has 0 amide bonds. The van der Waals surface area contributed by atoms with Gasteiger partial charge in [0, 0.05) is 24.2 Å². The maximum Gasteiger partial charge on any atom is 0.368 e. The topological polar surface area (TPSA) is 124 Å². The van der Waals surface area contributed by atoms with Gasteiger partial charge in [0.05, 0.1) is 19.0 Å². The molecular weight excluding hydrogens is 460 g/mol. The van der Waals surface area contributed by atoms with Crippen molar-refractivity contribution in [3.63, 3.8) is 0 Å². The second-order valence-electron chi connectivity index (χ2n) is 9.93. The van der Waals surface area contributed by atoms with E-state index in [0.717, 1.165) is 34.5 Å². The maximum absolute atomic E-state index is 14.7. The van der Waals surface area contributed by atoms with Gasteiger partial charge in [-0.05, 0) is 63.1 Å². The lowest BCUT2D eigenvalue weighted by atomic mass is 9.79. The number of anilines is 3. The number of aryl methyl sites for hydroxylation is 1. The molecule has 3 heterocycles. The molecule has 3 aromatic rings. The summed E-state index contributed by atoms with van der Waals surface area (Å²) in [6.07, 6.45) is 2.59. The van der Waals surface area contributed by atoms with Crippen molar-refractivity contribution in [3.8, 4) is 11.4 Å². The van der Waals surface area contributed by atoms with Crippen LogP contribution < -0.4 is 26.4 Å². The van der Waals surface area contributed by atoms with Crippen LogP contribution in [0.5, 0.6) is 5.75 Å².